The van der Waals surface area contributed by atoms with Crippen molar-refractivity contribution < 1.29 is 18.4 Å². The Bertz CT molecular complexity index is 372. The first-order valence-corrected chi connectivity index (χ1v) is 4.50. The predicted molar refractivity (Wildman–Crippen MR) is 49.9 cm³/mol. The first-order valence-electron chi connectivity index (χ1n) is 4.50. The third-order valence-electron chi connectivity index (χ3n) is 1.88. The van der Waals surface area contributed by atoms with Crippen molar-refractivity contribution in [2.24, 2.45) is 10.9 Å². The van der Waals surface area contributed by atoms with E-state index in [2.05, 4.69) is 10.3 Å². The minimum atomic E-state index is -4.42. The molecule has 16 heavy (non-hydrogen) atoms. The van der Waals surface area contributed by atoms with E-state index in [1.807, 2.05) is 0 Å². The second-order valence-corrected chi connectivity index (χ2v) is 3.16. The fraction of sp³-hybridized carbons (Fsp3) is 0.500. The van der Waals surface area contributed by atoms with Gasteiger partial charge in [0.1, 0.15) is 5.84 Å². The van der Waals surface area contributed by atoms with Crippen LogP contribution in [-0.2, 0) is 12.7 Å². The highest BCUT2D eigenvalue weighted by Crippen LogP contribution is 2.27. The number of amidine groups is 1. The molecule has 0 saturated carbocycles. The zero-order valence-corrected chi connectivity index (χ0v) is 8.28. The van der Waals surface area contributed by atoms with Crippen LogP contribution in [-0.4, -0.2) is 20.8 Å². The number of aryl methyl sites for hydroxylation is 1. The minimum Gasteiger partial charge on any atom is -0.409 e. The van der Waals surface area contributed by atoms with Gasteiger partial charge in [0.05, 0.1) is 0 Å². The van der Waals surface area contributed by atoms with Crippen LogP contribution < -0.4 is 5.73 Å². The SMILES string of the molecule is NC(CCCn1ccc(C(F)(F)F)n1)=NO. The number of halogens is 3. The monoisotopic (exact) mass is 236 g/mol. The molecule has 1 aromatic rings. The Balaban J connectivity index is 2.47. The van der Waals surface area contributed by atoms with Crippen molar-refractivity contribution in [1.29, 1.82) is 0 Å². The molecule has 1 heterocycles. The zero-order valence-electron chi connectivity index (χ0n) is 8.28. The normalized spacial score (nSPS) is 13.1. The third-order valence-corrected chi connectivity index (χ3v) is 1.88. The summed E-state index contributed by atoms with van der Waals surface area (Å²) in [7, 11) is 0. The molecule has 8 heteroatoms. The summed E-state index contributed by atoms with van der Waals surface area (Å²) in [5.41, 5.74) is 4.28. The fourth-order valence-electron chi connectivity index (χ4n) is 1.11. The quantitative estimate of drug-likeness (QED) is 0.359. The number of hydrogen-bond donors (Lipinski definition) is 2. The van der Waals surface area contributed by atoms with E-state index in [9.17, 15) is 13.2 Å². The van der Waals surface area contributed by atoms with Crippen LogP contribution in [0.5, 0.6) is 0 Å². The molecule has 1 aromatic heterocycles. The van der Waals surface area contributed by atoms with E-state index in [1.54, 1.807) is 0 Å². The van der Waals surface area contributed by atoms with Gasteiger partial charge >= 0.3 is 6.18 Å². The van der Waals surface area contributed by atoms with Gasteiger partial charge in [0.15, 0.2) is 5.69 Å². The Labute approximate surface area is 89.3 Å². The van der Waals surface area contributed by atoms with Crippen LogP contribution in [0.1, 0.15) is 18.5 Å². The Morgan fingerprint density at radius 2 is 2.25 bits per heavy atom. The van der Waals surface area contributed by atoms with Gasteiger partial charge in [-0.15, -0.1) is 0 Å². The molecular weight excluding hydrogens is 225 g/mol. The lowest BCUT2D eigenvalue weighted by Gasteiger charge is -2.02. The number of oxime groups is 1. The molecule has 0 atom stereocenters. The van der Waals surface area contributed by atoms with Crippen molar-refractivity contribution in [3.8, 4) is 0 Å². The molecule has 0 spiro atoms. The Kier molecular flexibility index (Phi) is 3.75. The average Bonchev–Trinajstić information content (AvgIpc) is 2.65. The molecule has 0 aliphatic heterocycles. The van der Waals surface area contributed by atoms with Crippen molar-refractivity contribution in [2.45, 2.75) is 25.6 Å². The van der Waals surface area contributed by atoms with Gasteiger partial charge in [-0.25, -0.2) is 0 Å². The van der Waals surface area contributed by atoms with Crippen LogP contribution in [0.15, 0.2) is 17.4 Å². The third kappa shape index (κ3) is 3.44. The molecule has 3 N–H and O–H groups in total. The highest BCUT2D eigenvalue weighted by Gasteiger charge is 2.33. The largest absolute Gasteiger partial charge is 0.435 e. The van der Waals surface area contributed by atoms with Crippen LogP contribution in [0, 0.1) is 0 Å². The summed E-state index contributed by atoms with van der Waals surface area (Å²) < 4.78 is 37.6. The molecule has 0 saturated heterocycles. The molecule has 0 bridgehead atoms. The fourth-order valence-corrected chi connectivity index (χ4v) is 1.11. The second kappa shape index (κ2) is 4.86. The lowest BCUT2D eigenvalue weighted by molar-refractivity contribution is -0.141. The van der Waals surface area contributed by atoms with Gasteiger partial charge < -0.3 is 10.9 Å². The highest BCUT2D eigenvalue weighted by atomic mass is 19.4. The van der Waals surface area contributed by atoms with Crippen molar-refractivity contribution in [3.63, 3.8) is 0 Å². The maximum absolute atomic E-state index is 12.2. The van der Waals surface area contributed by atoms with E-state index in [0.29, 0.717) is 12.8 Å². The molecular formula is C8H11F3N4O. The van der Waals surface area contributed by atoms with Gasteiger partial charge in [0, 0.05) is 19.2 Å². The molecule has 0 radical (unpaired) electrons. The Morgan fingerprint density at radius 3 is 2.75 bits per heavy atom. The average molecular weight is 236 g/mol. The maximum Gasteiger partial charge on any atom is 0.435 e. The summed E-state index contributed by atoms with van der Waals surface area (Å²) in [6, 6.07) is 0.906. The molecule has 5 nitrogen and oxygen atoms in total. The summed E-state index contributed by atoms with van der Waals surface area (Å²) in [6.07, 6.45) is -2.42. The molecule has 0 aliphatic rings. The molecule has 0 unspecified atom stereocenters. The number of nitrogens with zero attached hydrogens (tertiary/aromatic N) is 3. The lowest BCUT2D eigenvalue weighted by Crippen LogP contribution is -2.13. The molecule has 90 valence electrons. The first kappa shape index (κ1) is 12.3. The van der Waals surface area contributed by atoms with Crippen LogP contribution >= 0.6 is 0 Å². The van der Waals surface area contributed by atoms with E-state index in [4.69, 9.17) is 10.9 Å². The van der Waals surface area contributed by atoms with Crippen molar-refractivity contribution >= 4 is 5.84 Å². The van der Waals surface area contributed by atoms with Crippen LogP contribution in [0.2, 0.25) is 0 Å². The molecule has 0 fully saturated rings. The molecule has 0 aromatic carbocycles. The summed E-state index contributed by atoms with van der Waals surface area (Å²) in [5.74, 6) is 0.0446. The first-order chi connectivity index (χ1) is 7.43. The zero-order chi connectivity index (χ0) is 12.2. The molecule has 1 rings (SSSR count). The maximum atomic E-state index is 12.2. The van der Waals surface area contributed by atoms with Crippen molar-refractivity contribution in [2.75, 3.05) is 0 Å². The van der Waals surface area contributed by atoms with Crippen LogP contribution in [0.4, 0.5) is 13.2 Å². The summed E-state index contributed by atoms with van der Waals surface area (Å²) in [5, 5.41) is 14.3. The van der Waals surface area contributed by atoms with Crippen molar-refractivity contribution in [3.05, 3.63) is 18.0 Å². The topological polar surface area (TPSA) is 76.4 Å². The number of hydrogen-bond acceptors (Lipinski definition) is 3. The van der Waals surface area contributed by atoms with Gasteiger partial charge in [-0.2, -0.15) is 18.3 Å². The molecule has 0 amide bonds. The minimum absolute atomic E-state index is 0.0446. The standard InChI is InChI=1S/C8H11F3N4O/c9-8(10,11)6-3-5-15(13-6)4-1-2-7(12)14-16/h3,5,16H,1-2,4H2,(H2,12,14). The molecule has 0 aliphatic carbocycles. The smallest absolute Gasteiger partial charge is 0.409 e. The number of aromatic nitrogens is 2. The van der Waals surface area contributed by atoms with Crippen molar-refractivity contribution in [1.82, 2.24) is 9.78 Å². The van der Waals surface area contributed by atoms with Crippen LogP contribution in [0.25, 0.3) is 0 Å². The van der Waals surface area contributed by atoms with Gasteiger partial charge in [-0.05, 0) is 12.5 Å². The van der Waals surface area contributed by atoms with E-state index in [0.717, 1.165) is 6.07 Å². The van der Waals surface area contributed by atoms with E-state index < -0.39 is 11.9 Å². The summed E-state index contributed by atoms with van der Waals surface area (Å²) in [4.78, 5) is 0. The van der Waals surface area contributed by atoms with E-state index in [1.165, 1.54) is 10.9 Å². The van der Waals surface area contributed by atoms with Gasteiger partial charge in [-0.3, -0.25) is 4.68 Å². The summed E-state index contributed by atoms with van der Waals surface area (Å²) in [6.45, 7) is 0.284. The van der Waals surface area contributed by atoms with Gasteiger partial charge in [-0.1, -0.05) is 5.16 Å². The number of nitrogens with two attached hydrogens (primary N) is 1. The van der Waals surface area contributed by atoms with E-state index in [-0.39, 0.29) is 12.4 Å². The Morgan fingerprint density at radius 1 is 1.56 bits per heavy atom. The highest BCUT2D eigenvalue weighted by molar-refractivity contribution is 5.79. The van der Waals surface area contributed by atoms with Gasteiger partial charge in [0.2, 0.25) is 0 Å². The Hall–Kier alpha value is -1.73. The van der Waals surface area contributed by atoms with Crippen LogP contribution in [0.3, 0.4) is 0 Å². The number of rotatable bonds is 4. The van der Waals surface area contributed by atoms with Gasteiger partial charge in [0.25, 0.3) is 0 Å². The van der Waals surface area contributed by atoms with E-state index >= 15 is 0 Å². The number of alkyl halides is 3. The second-order valence-electron chi connectivity index (χ2n) is 3.16. The summed E-state index contributed by atoms with van der Waals surface area (Å²) >= 11 is 0. The lowest BCUT2D eigenvalue weighted by atomic mass is 10.3. The predicted octanol–water partition coefficient (Wildman–Crippen LogP) is 1.43.